The van der Waals surface area contributed by atoms with Crippen LogP contribution in [-0.4, -0.2) is 298 Å². The van der Waals surface area contributed by atoms with Crippen LogP contribution in [0, 0.1) is 0 Å². The van der Waals surface area contributed by atoms with E-state index in [0.717, 1.165) is 44.1 Å². The number of carboxylic acids is 10. The Bertz CT molecular complexity index is 3050. The van der Waals surface area contributed by atoms with Crippen LogP contribution in [-0.2, 0) is 64.0 Å². The third-order valence-corrected chi connectivity index (χ3v) is 16.8. The van der Waals surface area contributed by atoms with Crippen molar-refractivity contribution in [3.63, 3.8) is 0 Å². The van der Waals surface area contributed by atoms with Gasteiger partial charge in [0.2, 0.25) is 29.7 Å². The largest absolute Gasteiger partial charge is 0.481 e. The highest BCUT2D eigenvalue weighted by atomic mass is 16.4. The smallest absolute Gasteiger partial charge is 0.326 e. The summed E-state index contributed by atoms with van der Waals surface area (Å²) >= 11 is 0. The molecule has 3 rings (SSSR count). The minimum absolute atomic E-state index is 0.0180. The van der Waals surface area contributed by atoms with E-state index in [1.54, 1.807) is 31.7 Å². The number of nitrogens with one attached hydrogen (secondary N) is 9. The van der Waals surface area contributed by atoms with E-state index in [-0.39, 0.29) is 134 Å². The standard InChI is InChI=1S/C66H104N16O24/c83-50(67-27-13-9-15-46(58(97)98)72-65(105)74-48(60(101)102)23-25-52(85)86)17-7-3-1-5-11-29-69-62-76-63(70-30-12-6-2-4-8-18-51(84)68-28-14-10-16-47(59(99)100)73-66(106)75-49(61(103)104)24-26-53(87)88)78-64(77-62)71-44-21-19-43(20-22-44)37-45-38-81(41-56(93)94)34-33-79(39-54(89)90)31-32-80(40-55(91)92)35-36-82(45)42-57(95)96/h19-22,45-49H,1-18,23-42H2,(H,67,83)(H,68,84)(H,85,86)(H,87,88)(H,89,90)(H,91,92)(H,93,94)(H,95,96)(H,97,98)(H,99,100)(H,101,102)(H,103,104)(H2,72,74,105)(H2,73,75,106)(H3,69,70,71,76,77,78)/t45?,46-,47-,48-,49-/m0/s1. The molecule has 592 valence electrons. The van der Waals surface area contributed by atoms with Gasteiger partial charge in [0.05, 0.1) is 26.2 Å². The van der Waals surface area contributed by atoms with Crippen LogP contribution in [0.3, 0.4) is 0 Å². The van der Waals surface area contributed by atoms with Gasteiger partial charge in [0.15, 0.2) is 0 Å². The van der Waals surface area contributed by atoms with Gasteiger partial charge >= 0.3 is 71.8 Å². The zero-order chi connectivity index (χ0) is 78.3. The van der Waals surface area contributed by atoms with Gasteiger partial charge in [-0.2, -0.15) is 15.0 Å². The van der Waals surface area contributed by atoms with Crippen LogP contribution in [0.4, 0.5) is 33.1 Å². The van der Waals surface area contributed by atoms with Gasteiger partial charge in [-0.15, -0.1) is 0 Å². The summed E-state index contributed by atoms with van der Waals surface area (Å²) in [5, 5.41) is 119. The predicted molar refractivity (Wildman–Crippen MR) is 377 cm³/mol. The summed E-state index contributed by atoms with van der Waals surface area (Å²) in [5.41, 5.74) is 1.31. The zero-order valence-electron chi connectivity index (χ0n) is 59.4. The van der Waals surface area contributed by atoms with E-state index < -0.39 is 141 Å². The van der Waals surface area contributed by atoms with E-state index in [9.17, 15) is 108 Å². The van der Waals surface area contributed by atoms with Gasteiger partial charge in [-0.25, -0.2) is 28.8 Å². The fourth-order valence-electron chi connectivity index (χ4n) is 11.2. The molecule has 1 aromatic carbocycles. The summed E-state index contributed by atoms with van der Waals surface area (Å²) in [6, 6.07) is -1.39. The van der Waals surface area contributed by atoms with Crippen LogP contribution >= 0.6 is 0 Å². The van der Waals surface area contributed by atoms with Crippen molar-refractivity contribution in [2.24, 2.45) is 0 Å². The van der Waals surface area contributed by atoms with E-state index in [2.05, 4.69) is 62.8 Å². The fraction of sp³-hybridized carbons (Fsp3) is 0.652. The first kappa shape index (κ1) is 89.9. The molecule has 0 spiro atoms. The summed E-state index contributed by atoms with van der Waals surface area (Å²) < 4.78 is 0. The first-order valence-electron chi connectivity index (χ1n) is 35.3. The molecule has 0 aliphatic carbocycles. The average Bonchev–Trinajstić information content (AvgIpc) is 0.849. The number of carbonyl (C=O) groups is 14. The topological polar surface area (TPSA) is 601 Å². The van der Waals surface area contributed by atoms with Crippen LogP contribution in [0.1, 0.15) is 147 Å². The molecule has 19 N–H and O–H groups in total. The number of hydrogen-bond donors (Lipinski definition) is 19. The molecule has 106 heavy (non-hydrogen) atoms. The van der Waals surface area contributed by atoms with Crippen LogP contribution in [0.2, 0.25) is 0 Å². The lowest BCUT2D eigenvalue weighted by Crippen LogP contribution is -2.53. The second-order valence-corrected chi connectivity index (χ2v) is 25.6. The first-order chi connectivity index (χ1) is 50.4. The molecule has 40 heteroatoms. The van der Waals surface area contributed by atoms with Crippen LogP contribution in [0.5, 0.6) is 0 Å². The molecule has 40 nitrogen and oxygen atoms in total. The number of aliphatic carboxylic acids is 10. The number of benzene rings is 1. The molecular formula is C66H104N16O24. The van der Waals surface area contributed by atoms with Crippen molar-refractivity contribution in [1.29, 1.82) is 0 Å². The summed E-state index contributed by atoms with van der Waals surface area (Å²) in [5.74, 6) is -12.4. The second kappa shape index (κ2) is 50.9. The highest BCUT2D eigenvalue weighted by molar-refractivity contribution is 5.87. The molecule has 0 radical (unpaired) electrons. The van der Waals surface area contributed by atoms with Gasteiger partial charge in [-0.1, -0.05) is 50.7 Å². The molecule has 5 atom stereocenters. The molecule has 0 saturated carbocycles. The maximum absolute atomic E-state index is 12.6. The Morgan fingerprint density at radius 3 is 1.11 bits per heavy atom. The quantitative estimate of drug-likeness (QED) is 0.0415. The summed E-state index contributed by atoms with van der Waals surface area (Å²) in [6.07, 6.45) is 7.61. The lowest BCUT2D eigenvalue weighted by molar-refractivity contribution is -0.142. The van der Waals surface area contributed by atoms with Gasteiger partial charge in [-0.05, 0) is 101 Å². The van der Waals surface area contributed by atoms with Crippen LogP contribution in [0.25, 0.3) is 0 Å². The van der Waals surface area contributed by atoms with E-state index >= 15 is 0 Å². The number of carbonyl (C=O) groups excluding carboxylic acids is 4. The van der Waals surface area contributed by atoms with Crippen molar-refractivity contribution in [1.82, 2.24) is 66.5 Å². The van der Waals surface area contributed by atoms with Crippen molar-refractivity contribution in [3.05, 3.63) is 29.8 Å². The van der Waals surface area contributed by atoms with Gasteiger partial charge in [0.1, 0.15) is 24.2 Å². The lowest BCUT2D eigenvalue weighted by Gasteiger charge is -2.37. The molecule has 1 fully saturated rings. The Balaban J connectivity index is 1.61. The number of amides is 6. The maximum atomic E-state index is 12.6. The summed E-state index contributed by atoms with van der Waals surface area (Å²) in [6.45, 7) is 0.784. The molecule has 2 heterocycles. The zero-order valence-corrected chi connectivity index (χ0v) is 59.4. The number of anilines is 4. The predicted octanol–water partition coefficient (Wildman–Crippen LogP) is 1.31. The Labute approximate surface area is 611 Å². The monoisotopic (exact) mass is 1500 g/mol. The minimum Gasteiger partial charge on any atom is -0.481 e. The minimum atomic E-state index is -1.54. The number of aromatic nitrogens is 3. The number of carboxylic acid groups (broad SMARTS) is 10. The molecule has 1 aliphatic heterocycles. The van der Waals surface area contributed by atoms with Crippen molar-refractivity contribution in [2.45, 2.75) is 178 Å². The Morgan fingerprint density at radius 2 is 0.717 bits per heavy atom. The molecule has 6 amide bonds. The van der Waals surface area contributed by atoms with Crippen LogP contribution in [0.15, 0.2) is 24.3 Å². The maximum Gasteiger partial charge on any atom is 0.326 e. The lowest BCUT2D eigenvalue weighted by atomic mass is 10.0. The number of unbranched alkanes of at least 4 members (excludes halogenated alkanes) is 10. The molecule has 1 unspecified atom stereocenters. The Kier molecular flexibility index (Phi) is 43.2. The van der Waals surface area contributed by atoms with E-state index in [0.29, 0.717) is 70.1 Å². The normalized spacial score (nSPS) is 15.1. The van der Waals surface area contributed by atoms with Crippen molar-refractivity contribution in [2.75, 3.05) is 114 Å². The number of rotatable bonds is 54. The molecule has 0 bridgehead atoms. The molecule has 1 saturated heterocycles. The highest BCUT2D eigenvalue weighted by Gasteiger charge is 2.30. The van der Waals surface area contributed by atoms with Gasteiger partial charge in [0.25, 0.3) is 0 Å². The van der Waals surface area contributed by atoms with Gasteiger partial charge in [-0.3, -0.25) is 58.0 Å². The van der Waals surface area contributed by atoms with E-state index in [4.69, 9.17) is 10.2 Å². The molecule has 1 aromatic heterocycles. The number of urea groups is 2. The average molecular weight is 1510 g/mol. The third kappa shape index (κ3) is 41.8. The third-order valence-electron chi connectivity index (χ3n) is 16.8. The van der Waals surface area contributed by atoms with Gasteiger partial charge < -0.3 is 98.9 Å². The van der Waals surface area contributed by atoms with Gasteiger partial charge in [0, 0.05) is 109 Å². The van der Waals surface area contributed by atoms with E-state index in [1.807, 2.05) is 12.1 Å². The highest BCUT2D eigenvalue weighted by Crippen LogP contribution is 2.21. The Hall–Kier alpha value is -10.3. The van der Waals surface area contributed by atoms with Crippen molar-refractivity contribution < 1.29 is 118 Å². The van der Waals surface area contributed by atoms with E-state index in [1.165, 1.54) is 0 Å². The molecular weight excluding hydrogens is 1400 g/mol. The molecule has 1 aliphatic rings. The second-order valence-electron chi connectivity index (χ2n) is 25.6. The molecule has 2 aromatic rings. The van der Waals surface area contributed by atoms with Crippen LogP contribution < -0.4 is 47.9 Å². The fourth-order valence-corrected chi connectivity index (χ4v) is 11.2. The van der Waals surface area contributed by atoms with Crippen molar-refractivity contribution >= 4 is 107 Å². The SMILES string of the molecule is O=C(O)CC[C@H](NC(=O)N[C@@H](CCCCNC(=O)CCCCCCCNc1nc(NCCCCCCCC(=O)NCCCC[C@H](NC(=O)N[C@@H](CCC(=O)O)C(=O)O)C(=O)O)nc(Nc2ccc(CC3CN(CC(=O)O)CCN(CC(=O)O)CCN(CC(=O)O)CCN3CC(=O)O)cc2)n1)C(=O)O)C(=O)O. The summed E-state index contributed by atoms with van der Waals surface area (Å²) in [4.78, 5) is 186. The number of nitrogens with zero attached hydrogens (tertiary/aromatic N) is 7. The number of hydrogen-bond acceptors (Lipinski definition) is 24. The summed E-state index contributed by atoms with van der Waals surface area (Å²) in [7, 11) is 0. The van der Waals surface area contributed by atoms with Crippen molar-refractivity contribution in [3.8, 4) is 0 Å². The Morgan fingerprint density at radius 1 is 0.368 bits per heavy atom. The first-order valence-corrected chi connectivity index (χ1v) is 35.3.